The highest BCUT2D eigenvalue weighted by Gasteiger charge is 2.25. The number of nitrogens with one attached hydrogen (secondary N) is 2. The minimum Gasteiger partial charge on any atom is -0.506 e. The number of nitrogens with zero attached hydrogens (tertiary/aromatic N) is 1. The zero-order valence-electron chi connectivity index (χ0n) is 15.5. The van der Waals surface area contributed by atoms with Gasteiger partial charge in [0.25, 0.3) is 0 Å². The highest BCUT2D eigenvalue weighted by atomic mass is 35.5. The molecular weight excluding hydrogens is 390 g/mol. The number of phenolic OH excluding ortho intramolecular Hbond substituents is 1. The third-order valence-electron chi connectivity index (χ3n) is 4.55. The van der Waals surface area contributed by atoms with E-state index in [1.54, 1.807) is 11.0 Å². The molecular formula is C18H26ClN3O4S. The number of halogens is 1. The van der Waals surface area contributed by atoms with Gasteiger partial charge in [-0.1, -0.05) is 32.0 Å². The molecule has 9 heteroatoms. The topological polar surface area (TPSA) is 98.7 Å². The van der Waals surface area contributed by atoms with Crippen LogP contribution in [0.4, 0.5) is 5.69 Å². The molecule has 150 valence electrons. The Labute approximate surface area is 165 Å². The largest absolute Gasteiger partial charge is 0.506 e. The molecule has 7 nitrogen and oxygen atoms in total. The van der Waals surface area contributed by atoms with E-state index >= 15 is 0 Å². The molecule has 1 aliphatic rings. The maximum Gasteiger partial charge on any atom is 0.241 e. The number of anilines is 1. The number of phenols is 1. The minimum absolute atomic E-state index is 0.0107. The van der Waals surface area contributed by atoms with Gasteiger partial charge >= 0.3 is 0 Å². The van der Waals surface area contributed by atoms with Crippen LogP contribution in [0.1, 0.15) is 38.2 Å². The van der Waals surface area contributed by atoms with Crippen LogP contribution in [0.5, 0.6) is 5.75 Å². The predicted octanol–water partition coefficient (Wildman–Crippen LogP) is 2.63. The van der Waals surface area contributed by atoms with Crippen LogP contribution in [0.25, 0.3) is 0 Å². The summed E-state index contributed by atoms with van der Waals surface area (Å²) < 4.78 is 25.6. The molecule has 27 heavy (non-hydrogen) atoms. The van der Waals surface area contributed by atoms with E-state index in [0.717, 1.165) is 11.0 Å². The maximum absolute atomic E-state index is 12.5. The van der Waals surface area contributed by atoms with Crippen LogP contribution in [0.3, 0.4) is 0 Å². The number of likely N-dealkylation sites (tertiary alicyclic amines) is 1. The van der Waals surface area contributed by atoms with Gasteiger partial charge in [-0.25, -0.2) is 13.1 Å². The number of hydrogen-bond donors (Lipinski definition) is 3. The van der Waals surface area contributed by atoms with Crippen LogP contribution >= 0.6 is 11.6 Å². The average Bonchev–Trinajstić information content (AvgIpc) is 2.60. The maximum atomic E-state index is 12.5. The molecule has 1 heterocycles. The van der Waals surface area contributed by atoms with E-state index < -0.39 is 10.0 Å². The molecule has 1 aromatic carbocycles. The number of hydrogen-bond acceptors (Lipinski definition) is 5. The van der Waals surface area contributed by atoms with Gasteiger partial charge in [0.05, 0.1) is 12.2 Å². The van der Waals surface area contributed by atoms with E-state index in [0.29, 0.717) is 36.6 Å². The SMILES string of the molecule is C=CS(=O)(=O)NC1CCN(C(=O)CNc2c(O)cc(Cl)cc2C(C)C)CC1. The lowest BCUT2D eigenvalue weighted by atomic mass is 10.0. The Morgan fingerprint density at radius 3 is 2.59 bits per heavy atom. The highest BCUT2D eigenvalue weighted by molar-refractivity contribution is 7.92. The lowest BCUT2D eigenvalue weighted by molar-refractivity contribution is -0.130. The van der Waals surface area contributed by atoms with Crippen molar-refractivity contribution < 1.29 is 18.3 Å². The quantitative estimate of drug-likeness (QED) is 0.594. The zero-order valence-corrected chi connectivity index (χ0v) is 17.1. The van der Waals surface area contributed by atoms with Crippen molar-refractivity contribution in [1.29, 1.82) is 0 Å². The minimum atomic E-state index is -3.46. The summed E-state index contributed by atoms with van der Waals surface area (Å²) >= 11 is 6.00. The molecule has 3 N–H and O–H groups in total. The number of piperidine rings is 1. The second-order valence-corrected chi connectivity index (χ2v) is 8.98. The zero-order chi connectivity index (χ0) is 20.2. The molecule has 0 aromatic heterocycles. The van der Waals surface area contributed by atoms with E-state index in [1.807, 2.05) is 13.8 Å². The number of benzene rings is 1. The normalized spacial score (nSPS) is 15.8. The van der Waals surface area contributed by atoms with Gasteiger partial charge in [0.1, 0.15) is 5.75 Å². The van der Waals surface area contributed by atoms with Crippen molar-refractivity contribution in [1.82, 2.24) is 9.62 Å². The summed E-state index contributed by atoms with van der Waals surface area (Å²) in [7, 11) is -3.46. The molecule has 0 saturated carbocycles. The smallest absolute Gasteiger partial charge is 0.241 e. The van der Waals surface area contributed by atoms with E-state index in [2.05, 4.69) is 16.6 Å². The van der Waals surface area contributed by atoms with Crippen LogP contribution < -0.4 is 10.0 Å². The van der Waals surface area contributed by atoms with Crippen LogP contribution in [-0.4, -0.2) is 50.0 Å². The van der Waals surface area contributed by atoms with Gasteiger partial charge in [0, 0.05) is 35.6 Å². The summed E-state index contributed by atoms with van der Waals surface area (Å²) in [4.78, 5) is 14.2. The first-order valence-corrected chi connectivity index (χ1v) is 10.7. The molecule has 0 radical (unpaired) electrons. The molecule has 0 bridgehead atoms. The van der Waals surface area contributed by atoms with Crippen LogP contribution in [0.15, 0.2) is 24.1 Å². The van der Waals surface area contributed by atoms with E-state index in [-0.39, 0.29) is 30.2 Å². The first-order valence-electron chi connectivity index (χ1n) is 8.81. The Kier molecular flexibility index (Phi) is 7.13. The number of sulfonamides is 1. The molecule has 1 amide bonds. The average molecular weight is 416 g/mol. The van der Waals surface area contributed by atoms with Gasteiger partial charge in [-0.3, -0.25) is 4.79 Å². The standard InChI is InChI=1S/C18H26ClN3O4S/c1-4-27(25,26)21-14-5-7-22(8-6-14)17(24)11-20-18-15(12(2)3)9-13(19)10-16(18)23/h4,9-10,12,14,20-21,23H,1,5-8,11H2,2-3H3. The Balaban J connectivity index is 1.94. The second-order valence-electron chi connectivity index (χ2n) is 6.88. The number of rotatable bonds is 7. The van der Waals surface area contributed by atoms with Gasteiger partial charge < -0.3 is 15.3 Å². The fraction of sp³-hybridized carbons (Fsp3) is 0.500. The molecule has 0 atom stereocenters. The molecule has 0 aliphatic carbocycles. The van der Waals surface area contributed by atoms with Crippen molar-refractivity contribution >= 4 is 33.2 Å². The van der Waals surface area contributed by atoms with E-state index in [9.17, 15) is 18.3 Å². The van der Waals surface area contributed by atoms with Crippen LogP contribution in [-0.2, 0) is 14.8 Å². The van der Waals surface area contributed by atoms with Gasteiger partial charge in [0.15, 0.2) is 0 Å². The Morgan fingerprint density at radius 2 is 2.04 bits per heavy atom. The van der Waals surface area contributed by atoms with Crippen molar-refractivity contribution in [3.05, 3.63) is 34.7 Å². The third kappa shape index (κ3) is 5.85. The third-order valence-corrected chi connectivity index (χ3v) is 5.87. The monoisotopic (exact) mass is 415 g/mol. The van der Waals surface area contributed by atoms with Crippen molar-refractivity contribution in [2.24, 2.45) is 0 Å². The van der Waals surface area contributed by atoms with Crippen molar-refractivity contribution in [3.8, 4) is 5.75 Å². The first kappa shape index (κ1) is 21.5. The summed E-state index contributed by atoms with van der Waals surface area (Å²) in [6.07, 6.45) is 1.09. The molecule has 0 unspecified atom stereocenters. The summed E-state index contributed by atoms with van der Waals surface area (Å²) in [6.45, 7) is 8.21. The Bertz CT molecular complexity index is 803. The number of aromatic hydroxyl groups is 1. The molecule has 1 aliphatic heterocycles. The lowest BCUT2D eigenvalue weighted by Crippen LogP contribution is -2.47. The fourth-order valence-electron chi connectivity index (χ4n) is 3.06. The summed E-state index contributed by atoms with van der Waals surface area (Å²) in [5.41, 5.74) is 1.35. The number of carbonyl (C=O) groups is 1. The van der Waals surface area contributed by atoms with Gasteiger partial charge in [-0.05, 0) is 30.4 Å². The van der Waals surface area contributed by atoms with Crippen LogP contribution in [0.2, 0.25) is 5.02 Å². The number of carbonyl (C=O) groups excluding carboxylic acids is 1. The van der Waals surface area contributed by atoms with Crippen molar-refractivity contribution in [2.45, 2.75) is 38.6 Å². The molecule has 1 fully saturated rings. The van der Waals surface area contributed by atoms with E-state index in [4.69, 9.17) is 11.6 Å². The predicted molar refractivity (Wildman–Crippen MR) is 108 cm³/mol. The fourth-order valence-corrected chi connectivity index (χ4v) is 4.08. The highest BCUT2D eigenvalue weighted by Crippen LogP contribution is 2.35. The summed E-state index contributed by atoms with van der Waals surface area (Å²) in [6, 6.07) is 3.02. The molecule has 0 spiro atoms. The van der Waals surface area contributed by atoms with Gasteiger partial charge in [-0.2, -0.15) is 0 Å². The molecule has 1 saturated heterocycles. The number of amides is 1. The molecule has 2 rings (SSSR count). The second kappa shape index (κ2) is 8.95. The Morgan fingerprint density at radius 1 is 1.41 bits per heavy atom. The van der Waals surface area contributed by atoms with Crippen molar-refractivity contribution in [3.63, 3.8) is 0 Å². The lowest BCUT2D eigenvalue weighted by Gasteiger charge is -2.32. The van der Waals surface area contributed by atoms with Crippen molar-refractivity contribution in [2.75, 3.05) is 25.0 Å². The van der Waals surface area contributed by atoms with Gasteiger partial charge in [-0.15, -0.1) is 0 Å². The first-order chi connectivity index (χ1) is 12.6. The summed E-state index contributed by atoms with van der Waals surface area (Å²) in [5.74, 6) is 0.0291. The van der Waals surface area contributed by atoms with E-state index in [1.165, 1.54) is 6.07 Å². The molecule has 1 aromatic rings. The van der Waals surface area contributed by atoms with Crippen LogP contribution in [0, 0.1) is 0 Å². The summed E-state index contributed by atoms with van der Waals surface area (Å²) in [5, 5.41) is 14.5. The Hall–Kier alpha value is -1.77. The van der Waals surface area contributed by atoms with Gasteiger partial charge in [0.2, 0.25) is 15.9 Å².